The Morgan fingerprint density at radius 2 is 1.16 bits per heavy atom. The summed E-state index contributed by atoms with van der Waals surface area (Å²) in [6, 6.07) is 16.3. The van der Waals surface area contributed by atoms with Crippen LogP contribution in [0.5, 0.6) is 0 Å². The lowest BCUT2D eigenvalue weighted by molar-refractivity contribution is 0.00578. The third-order valence-electron chi connectivity index (χ3n) is 7.85. The second-order valence-electron chi connectivity index (χ2n) is 12.4. The van der Waals surface area contributed by atoms with Gasteiger partial charge in [-0.1, -0.05) is 69.6 Å². The van der Waals surface area contributed by atoms with Gasteiger partial charge in [-0.05, 0) is 122 Å². The van der Waals surface area contributed by atoms with Crippen LogP contribution in [0.3, 0.4) is 0 Å². The van der Waals surface area contributed by atoms with Gasteiger partial charge in [0, 0.05) is 18.0 Å². The summed E-state index contributed by atoms with van der Waals surface area (Å²) in [7, 11) is -0.259. The third kappa shape index (κ3) is 9.48. The Labute approximate surface area is 278 Å². The van der Waals surface area contributed by atoms with Crippen LogP contribution in [-0.4, -0.2) is 38.3 Å². The van der Waals surface area contributed by atoms with Gasteiger partial charge in [-0.15, -0.1) is 0 Å². The first-order valence-electron chi connectivity index (χ1n) is 14.7. The SMILES string of the molecule is Cc1cc(-c2ccnc(Cl)n2)ccc1C(C)C.Cc1cc(B2OC(C)(C)C(C)(C)O2)ccc1C(C)C.Clc1ccnc(Cl)n1. The summed E-state index contributed by atoms with van der Waals surface area (Å²) in [5.41, 5.74) is 7.86. The lowest BCUT2D eigenvalue weighted by Gasteiger charge is -2.32. The summed E-state index contributed by atoms with van der Waals surface area (Å²) in [6.45, 7) is 21.5. The Morgan fingerprint density at radius 3 is 1.59 bits per heavy atom. The topological polar surface area (TPSA) is 70.0 Å². The minimum atomic E-state index is -0.276. The largest absolute Gasteiger partial charge is 0.494 e. The monoisotopic (exact) mass is 654 g/mol. The highest BCUT2D eigenvalue weighted by Crippen LogP contribution is 2.36. The zero-order valence-electron chi connectivity index (χ0n) is 27.2. The normalized spacial score (nSPS) is 15.0. The summed E-state index contributed by atoms with van der Waals surface area (Å²) < 4.78 is 12.2. The van der Waals surface area contributed by atoms with Crippen molar-refractivity contribution in [3.05, 3.63) is 98.9 Å². The summed E-state index contributed by atoms with van der Waals surface area (Å²) in [6.07, 6.45) is 3.17. The molecule has 0 bridgehead atoms. The first-order chi connectivity index (χ1) is 20.5. The predicted molar refractivity (Wildman–Crippen MR) is 184 cm³/mol. The zero-order chi connectivity index (χ0) is 32.8. The smallest absolute Gasteiger partial charge is 0.399 e. The van der Waals surface area contributed by atoms with E-state index < -0.39 is 0 Å². The van der Waals surface area contributed by atoms with E-state index in [9.17, 15) is 0 Å². The molecular weight excluding hydrogens is 614 g/mol. The maximum absolute atomic E-state index is 6.08. The molecule has 1 saturated heterocycles. The standard InChI is InChI=1S/C16H25BO2.C14H15ClN2.C4H2Cl2N2/c1-11(2)14-9-8-13(10-12(14)3)17-18-15(4,5)16(6,7)19-17;1-9(2)12-5-4-11(8-10(12)3)13-6-7-16-14(15)17-13;5-3-1-2-7-4(6)8-3/h8-11H,1-7H3;4-9H,1-3H3;1-2H. The van der Waals surface area contributed by atoms with Gasteiger partial charge >= 0.3 is 7.12 Å². The highest BCUT2D eigenvalue weighted by atomic mass is 35.5. The van der Waals surface area contributed by atoms with Crippen molar-refractivity contribution in [1.82, 2.24) is 19.9 Å². The Morgan fingerprint density at radius 1 is 0.659 bits per heavy atom. The molecule has 3 heterocycles. The summed E-state index contributed by atoms with van der Waals surface area (Å²) >= 11 is 16.5. The molecule has 0 atom stereocenters. The maximum atomic E-state index is 6.08. The predicted octanol–water partition coefficient (Wildman–Crippen LogP) is 9.43. The lowest BCUT2D eigenvalue weighted by atomic mass is 9.77. The number of aromatic nitrogens is 4. The second kappa shape index (κ2) is 15.2. The van der Waals surface area contributed by atoms with Crippen molar-refractivity contribution in [2.45, 2.75) is 92.3 Å². The van der Waals surface area contributed by atoms with E-state index in [1.54, 1.807) is 12.3 Å². The van der Waals surface area contributed by atoms with E-state index in [0.717, 1.165) is 16.7 Å². The molecule has 10 heteroatoms. The molecule has 234 valence electrons. The van der Waals surface area contributed by atoms with Crippen LogP contribution in [0.4, 0.5) is 0 Å². The third-order valence-corrected chi connectivity index (χ3v) is 8.42. The second-order valence-corrected chi connectivity index (χ2v) is 13.5. The molecule has 2 aromatic carbocycles. The lowest BCUT2D eigenvalue weighted by Crippen LogP contribution is -2.41. The fraction of sp³-hybridized carbons (Fsp3) is 0.412. The molecular formula is C34H42BCl3N4O2. The number of hydrogen-bond donors (Lipinski definition) is 0. The van der Waals surface area contributed by atoms with Gasteiger partial charge in [0.1, 0.15) is 5.15 Å². The van der Waals surface area contributed by atoms with Crippen molar-refractivity contribution in [2.75, 3.05) is 0 Å². The number of benzene rings is 2. The molecule has 1 aliphatic rings. The number of nitrogens with zero attached hydrogens (tertiary/aromatic N) is 4. The summed E-state index contributed by atoms with van der Waals surface area (Å²) in [5.74, 6) is 1.09. The molecule has 0 spiro atoms. The Bertz CT molecular complexity index is 1530. The van der Waals surface area contributed by atoms with E-state index in [4.69, 9.17) is 44.1 Å². The van der Waals surface area contributed by atoms with Crippen molar-refractivity contribution in [2.24, 2.45) is 0 Å². The molecule has 0 aliphatic carbocycles. The fourth-order valence-electron chi connectivity index (χ4n) is 4.77. The Balaban J connectivity index is 0.000000194. The van der Waals surface area contributed by atoms with Gasteiger partial charge in [0.25, 0.3) is 0 Å². The molecule has 0 radical (unpaired) electrons. The van der Waals surface area contributed by atoms with Gasteiger partial charge in [-0.25, -0.2) is 19.9 Å². The minimum Gasteiger partial charge on any atom is -0.399 e. The molecule has 44 heavy (non-hydrogen) atoms. The first kappa shape index (κ1) is 35.9. The molecule has 1 fully saturated rings. The first-order valence-corrected chi connectivity index (χ1v) is 15.8. The van der Waals surface area contributed by atoms with Gasteiger partial charge < -0.3 is 9.31 Å². The quantitative estimate of drug-likeness (QED) is 0.124. The van der Waals surface area contributed by atoms with Gasteiger partial charge in [0.05, 0.1) is 16.9 Å². The van der Waals surface area contributed by atoms with E-state index in [2.05, 4.69) is 126 Å². The van der Waals surface area contributed by atoms with Crippen molar-refractivity contribution in [1.29, 1.82) is 0 Å². The Hall–Kier alpha value is -2.55. The molecule has 1 aliphatic heterocycles. The van der Waals surface area contributed by atoms with Crippen molar-refractivity contribution in [3.8, 4) is 11.3 Å². The average Bonchev–Trinajstić information content (AvgIpc) is 3.15. The highest BCUT2D eigenvalue weighted by molar-refractivity contribution is 6.62. The van der Waals surface area contributed by atoms with E-state index in [1.165, 1.54) is 28.5 Å². The number of aryl methyl sites for hydroxylation is 2. The van der Waals surface area contributed by atoms with Crippen LogP contribution >= 0.6 is 34.8 Å². The number of halogens is 3. The van der Waals surface area contributed by atoms with Gasteiger partial charge in [0.15, 0.2) is 0 Å². The molecule has 4 aromatic rings. The average molecular weight is 656 g/mol. The molecule has 5 rings (SSSR count). The number of hydrogen-bond acceptors (Lipinski definition) is 6. The van der Waals surface area contributed by atoms with Crippen LogP contribution in [-0.2, 0) is 9.31 Å². The van der Waals surface area contributed by atoms with Crippen LogP contribution in [0.15, 0.2) is 60.9 Å². The van der Waals surface area contributed by atoms with E-state index in [-0.39, 0.29) is 28.9 Å². The molecule has 0 saturated carbocycles. The molecule has 6 nitrogen and oxygen atoms in total. The van der Waals surface area contributed by atoms with E-state index in [0.29, 0.717) is 17.0 Å². The molecule has 0 N–H and O–H groups in total. The van der Waals surface area contributed by atoms with Crippen LogP contribution in [0, 0.1) is 13.8 Å². The number of rotatable bonds is 4. The minimum absolute atomic E-state index is 0.178. The molecule has 0 amide bonds. The van der Waals surface area contributed by atoms with E-state index >= 15 is 0 Å². The van der Waals surface area contributed by atoms with Crippen LogP contribution in [0.25, 0.3) is 11.3 Å². The van der Waals surface area contributed by atoms with Gasteiger partial charge in [0.2, 0.25) is 10.6 Å². The van der Waals surface area contributed by atoms with E-state index in [1.807, 2.05) is 6.07 Å². The van der Waals surface area contributed by atoms with Crippen molar-refractivity contribution >= 4 is 47.4 Å². The molecule has 2 aromatic heterocycles. The summed E-state index contributed by atoms with van der Waals surface area (Å²) in [5, 5.41) is 0.829. The maximum Gasteiger partial charge on any atom is 0.494 e. The van der Waals surface area contributed by atoms with Crippen LogP contribution in [0.1, 0.15) is 89.5 Å². The van der Waals surface area contributed by atoms with Crippen molar-refractivity contribution in [3.63, 3.8) is 0 Å². The summed E-state index contributed by atoms with van der Waals surface area (Å²) in [4.78, 5) is 15.3. The highest BCUT2D eigenvalue weighted by Gasteiger charge is 2.51. The zero-order valence-corrected chi connectivity index (χ0v) is 29.5. The van der Waals surface area contributed by atoms with Crippen LogP contribution < -0.4 is 5.46 Å². The fourth-order valence-corrected chi connectivity index (χ4v) is 5.24. The Kier molecular flexibility index (Phi) is 12.4. The molecule has 0 unspecified atom stereocenters. The van der Waals surface area contributed by atoms with Gasteiger partial charge in [-0.2, -0.15) is 0 Å². The van der Waals surface area contributed by atoms with Gasteiger partial charge in [-0.3, -0.25) is 0 Å². The van der Waals surface area contributed by atoms with Crippen LogP contribution in [0.2, 0.25) is 15.7 Å². The van der Waals surface area contributed by atoms with Crippen molar-refractivity contribution < 1.29 is 9.31 Å².